The fourth-order valence-corrected chi connectivity index (χ4v) is 13.5. The minimum absolute atomic E-state index is 0.00398. The zero-order valence-electron chi connectivity index (χ0n) is 75.9. The van der Waals surface area contributed by atoms with Crippen molar-refractivity contribution >= 4 is 75.4 Å². The number of rotatable bonds is 32. The molecule has 0 saturated heterocycles. The van der Waals surface area contributed by atoms with Crippen molar-refractivity contribution in [2.45, 2.75) is 56.8 Å². The summed E-state index contributed by atoms with van der Waals surface area (Å²) in [6, 6.07) is 74.7. The van der Waals surface area contributed by atoms with E-state index in [2.05, 4.69) is 62.5 Å². The molecular weight excluding hydrogens is 1890 g/mol. The van der Waals surface area contributed by atoms with Crippen LogP contribution in [0.1, 0.15) is 116 Å². The van der Waals surface area contributed by atoms with Gasteiger partial charge in [0.25, 0.3) is 35.0 Å². The van der Waals surface area contributed by atoms with Crippen molar-refractivity contribution in [1.82, 2.24) is 41.2 Å². The molecule has 0 unspecified atom stereocenters. The number of anilines is 6. The van der Waals surface area contributed by atoms with Crippen molar-refractivity contribution in [3.8, 4) is 11.5 Å². The lowest BCUT2D eigenvalue weighted by Crippen LogP contribution is -2.26. The summed E-state index contributed by atoms with van der Waals surface area (Å²) >= 11 is 0. The maximum absolute atomic E-state index is 13.5. The number of aromatic nitrogens is 4. The summed E-state index contributed by atoms with van der Waals surface area (Å²) in [5, 5.41) is 62.4. The van der Waals surface area contributed by atoms with Gasteiger partial charge in [-0.05, 0) is 177 Å². The van der Waals surface area contributed by atoms with Gasteiger partial charge in [-0.25, -0.2) is 59.4 Å². The Labute approximate surface area is 816 Å². The molecule has 0 bridgehead atoms. The minimum Gasteiger partial charge on any atom is -0.491 e. The summed E-state index contributed by atoms with van der Waals surface area (Å²) < 4.78 is 143. The highest BCUT2D eigenvalue weighted by Crippen LogP contribution is 2.33. The van der Waals surface area contributed by atoms with Crippen LogP contribution in [0.2, 0.25) is 0 Å². The van der Waals surface area contributed by atoms with Crippen LogP contribution in [0.4, 0.5) is 89.8 Å². The minimum atomic E-state index is -1.00. The lowest BCUT2D eigenvalue weighted by Gasteiger charge is -2.22. The Morgan fingerprint density at radius 3 is 1.06 bits per heavy atom. The Kier molecular flexibility index (Phi) is 39.3. The SMILES string of the molecule is N[C@@H](CO)c1ccccc1.Nc1cc(F)ccc1[N+](=O)[O-].Nc1cc(OC[C@H](Nc2ncccc2C(=O)NCc2ccc(F)c(F)c2)c2ccccc2)ccc1[N+](=O)[O-].O=C(NCc1ccc(F)c(F)c1)c1cccnc1F.O=C(NCc1ccc(F)c(F)c1)c1cccnc1N[C@@H](CO)c1ccccc1.O=C1Cc2cc(OC[C@H](Nc3ncccc3C(=O)NCc3ccc(F)c(F)c3)c3ccccc3)ccc2N1. The van der Waals surface area contributed by atoms with Crippen molar-refractivity contribution in [2.75, 3.05) is 59.2 Å². The summed E-state index contributed by atoms with van der Waals surface area (Å²) in [4.78, 5) is 98.0. The van der Waals surface area contributed by atoms with E-state index in [0.717, 1.165) is 100 Å². The first-order valence-corrected chi connectivity index (χ1v) is 43.6. The molecule has 0 aliphatic carbocycles. The molecule has 15 aromatic rings. The number of fused-ring (bicyclic) bond motifs is 1. The van der Waals surface area contributed by atoms with Crippen LogP contribution in [0.3, 0.4) is 0 Å². The van der Waals surface area contributed by atoms with Crippen LogP contribution < -0.4 is 69.2 Å². The molecule has 11 aromatic carbocycles. The second-order valence-electron chi connectivity index (χ2n) is 31.1. The molecule has 16 N–H and O–H groups in total. The number of carbonyl (C=O) groups excluding carboxylic acids is 5. The molecule has 1 aliphatic rings. The first kappa shape index (κ1) is 106. The Balaban J connectivity index is 0.000000174. The Hall–Kier alpha value is -18.1. The number of amides is 5. The predicted octanol–water partition coefficient (Wildman–Crippen LogP) is 17.9. The largest absolute Gasteiger partial charge is 0.491 e. The normalized spacial score (nSPS) is 11.7. The number of nitro groups is 2. The van der Waals surface area contributed by atoms with E-state index in [0.29, 0.717) is 51.8 Å². The lowest BCUT2D eigenvalue weighted by atomic mass is 10.1. The van der Waals surface area contributed by atoms with Gasteiger partial charge >= 0.3 is 0 Å². The topological polar surface area (TPSA) is 456 Å². The van der Waals surface area contributed by atoms with E-state index in [1.165, 1.54) is 73.2 Å². The quantitative estimate of drug-likeness (QED) is 0.00612. The number of benzene rings is 11. The third-order valence-electron chi connectivity index (χ3n) is 21.0. The number of ether oxygens (including phenoxy) is 2. The van der Waals surface area contributed by atoms with Gasteiger partial charge in [0.05, 0.1) is 75.9 Å². The number of nitro benzene ring substituents is 2. The van der Waals surface area contributed by atoms with E-state index < -0.39 is 104 Å². The van der Waals surface area contributed by atoms with E-state index >= 15 is 0 Å². The highest BCUT2D eigenvalue weighted by molar-refractivity contribution is 6.01. The van der Waals surface area contributed by atoms with Gasteiger partial charge in [0.15, 0.2) is 46.5 Å². The summed E-state index contributed by atoms with van der Waals surface area (Å²) in [7, 11) is 0. The molecule has 16 rings (SSSR count). The molecule has 0 saturated carbocycles. The van der Waals surface area contributed by atoms with Crippen molar-refractivity contribution in [3.63, 3.8) is 0 Å². The standard InChI is InChI=1S/C29H24F2N4O3.C27H23F2N5O4.C21H19F2N3O2.C13H9F3N2O.C8H11NO.C6H5FN2O2/c30-23-10-8-18(13-24(23)31)16-33-29(37)22-7-4-12-32-28(22)35-26(19-5-2-1-3-6-19)17-38-21-9-11-25-20(14-21)15-27(36)34-25;28-21-10-8-17(13-22(21)29)15-32-27(35)20-7-4-12-31-26(20)33-24(18-5-2-1-3-6-18)16-38-19-9-11-25(34(36)37)23(30)14-19;22-17-9-8-14(11-18(17)23)12-25-21(28)16-7-4-10-24-20(16)26-19(13-27)15-5-2-1-3-6-15;14-10-4-3-8(6-11(10)15)7-18-13(19)9-2-1-5-17-12(9)16;9-8(6-10)7-4-2-1-3-5-7;7-4-1-2-6(9(10)11)5(8)3-4/h1-14,26H,15-17H2,(H,32,35)(H,33,37)(H,34,36);1-14,24H,15-16,30H2,(H,31,33)(H,32,35);1-11,19,27H,12-13H2,(H,24,26)(H,25,28);1-6H,7H2,(H,18,19);1-5,8,10H,6,9H2;1-3H,8H2/t26-;24-;19-;;8-;/m000.0./s1. The molecule has 4 atom stereocenters. The number of hydrogen-bond acceptors (Lipinski definition) is 23. The molecule has 0 spiro atoms. The number of nitrogens with one attached hydrogen (secondary N) is 8. The third-order valence-corrected chi connectivity index (χ3v) is 21.0. The average molecular weight is 1980 g/mol. The maximum Gasteiger partial charge on any atom is 0.292 e. The van der Waals surface area contributed by atoms with Crippen molar-refractivity contribution < 1.29 is 97.4 Å². The Bertz CT molecular complexity index is 6930. The van der Waals surface area contributed by atoms with Crippen molar-refractivity contribution in [2.24, 2.45) is 5.73 Å². The van der Waals surface area contributed by atoms with Crippen LogP contribution in [-0.4, -0.2) is 96.0 Å². The number of hydrogen-bond donors (Lipinski definition) is 13. The number of pyridine rings is 4. The zero-order valence-corrected chi connectivity index (χ0v) is 75.9. The molecular formula is C104H91F10N17O13. The molecule has 4 aromatic heterocycles. The van der Waals surface area contributed by atoms with Gasteiger partial charge in [-0.3, -0.25) is 44.2 Å². The number of nitrogens with zero attached hydrogens (tertiary/aromatic N) is 6. The first-order valence-electron chi connectivity index (χ1n) is 43.6. The molecule has 5 amide bonds. The van der Waals surface area contributed by atoms with Gasteiger partial charge in [-0.1, -0.05) is 146 Å². The van der Waals surface area contributed by atoms with E-state index in [1.807, 2.05) is 133 Å². The van der Waals surface area contributed by atoms with Gasteiger partial charge < -0.3 is 79.4 Å². The molecule has 740 valence electrons. The monoisotopic (exact) mass is 1980 g/mol. The van der Waals surface area contributed by atoms with E-state index in [4.69, 9.17) is 31.8 Å². The number of halogens is 10. The Morgan fingerprint density at radius 2 is 0.708 bits per heavy atom. The molecule has 144 heavy (non-hydrogen) atoms. The van der Waals surface area contributed by atoms with E-state index in [1.54, 1.807) is 48.7 Å². The van der Waals surface area contributed by atoms with Crippen molar-refractivity contribution in [1.29, 1.82) is 0 Å². The summed E-state index contributed by atoms with van der Waals surface area (Å²) in [5.41, 5.74) is 23.3. The lowest BCUT2D eigenvalue weighted by molar-refractivity contribution is -0.384. The molecule has 1 aliphatic heterocycles. The first-order chi connectivity index (χ1) is 69.4. The van der Waals surface area contributed by atoms with Gasteiger partial charge in [-0.15, -0.1) is 0 Å². The fourth-order valence-electron chi connectivity index (χ4n) is 13.5. The average Bonchev–Trinajstić information content (AvgIpc) is 1.55. The molecule has 30 nitrogen and oxygen atoms in total. The van der Waals surface area contributed by atoms with Crippen LogP contribution >= 0.6 is 0 Å². The molecule has 40 heteroatoms. The highest BCUT2D eigenvalue weighted by Gasteiger charge is 2.26. The van der Waals surface area contributed by atoms with Gasteiger partial charge in [0, 0.05) is 80.9 Å². The number of aliphatic hydroxyl groups is 2. The highest BCUT2D eigenvalue weighted by atomic mass is 19.2. The van der Waals surface area contributed by atoms with Gasteiger partial charge in [0.2, 0.25) is 11.9 Å². The maximum atomic E-state index is 13.5. The fraction of sp³-hybridized carbons (Fsp3) is 0.125. The number of carbonyl (C=O) groups is 5. The van der Waals surface area contributed by atoms with E-state index in [9.17, 15) is 93.2 Å². The number of nitrogen functional groups attached to an aromatic ring is 2. The van der Waals surface area contributed by atoms with Crippen LogP contribution in [0.25, 0.3) is 0 Å². The van der Waals surface area contributed by atoms with E-state index in [-0.39, 0.29) is 121 Å². The van der Waals surface area contributed by atoms with Gasteiger partial charge in [0.1, 0.15) is 59.4 Å². The number of nitrogens with two attached hydrogens (primary N) is 3. The summed E-state index contributed by atoms with van der Waals surface area (Å²) in [6.45, 7) is 0.115. The molecule has 0 radical (unpaired) electrons. The van der Waals surface area contributed by atoms with Crippen LogP contribution in [0.15, 0.2) is 322 Å². The van der Waals surface area contributed by atoms with Crippen molar-refractivity contribution in [3.05, 3.63) is 473 Å². The van der Waals surface area contributed by atoms with Gasteiger partial charge in [-0.2, -0.15) is 4.39 Å². The second-order valence-corrected chi connectivity index (χ2v) is 31.1. The third kappa shape index (κ3) is 31.7. The van der Waals surface area contributed by atoms with Crippen LogP contribution in [-0.2, 0) is 37.4 Å². The van der Waals surface area contributed by atoms with Crippen LogP contribution in [0, 0.1) is 78.5 Å². The summed E-state index contributed by atoms with van der Waals surface area (Å²) in [5.74, 6) is -9.38. The molecule has 0 fully saturated rings. The Morgan fingerprint density at radius 1 is 0.375 bits per heavy atom. The molecule has 5 heterocycles. The second kappa shape index (κ2) is 53.2. The predicted molar refractivity (Wildman–Crippen MR) is 518 cm³/mol. The summed E-state index contributed by atoms with van der Waals surface area (Å²) in [6.07, 6.45) is 6.16. The zero-order chi connectivity index (χ0) is 103. The number of aliphatic hydroxyl groups excluding tert-OH is 2. The smallest absolute Gasteiger partial charge is 0.292 e. The van der Waals surface area contributed by atoms with Crippen LogP contribution in [0.5, 0.6) is 11.5 Å².